The third kappa shape index (κ3) is 2.36. The molecule has 2 aliphatic rings. The number of fused-ring (bicyclic) bond motifs is 10. The predicted molar refractivity (Wildman–Crippen MR) is 138 cm³/mol. The van der Waals surface area contributed by atoms with Crippen LogP contribution in [0.4, 0.5) is 0 Å². The Morgan fingerprint density at radius 3 is 1.71 bits per heavy atom. The van der Waals surface area contributed by atoms with E-state index in [2.05, 4.69) is 91.9 Å². The van der Waals surface area contributed by atoms with Gasteiger partial charge in [0.1, 0.15) is 6.29 Å². The summed E-state index contributed by atoms with van der Waals surface area (Å²) < 4.78 is 0. The van der Waals surface area contributed by atoms with Crippen LogP contribution in [0, 0.1) is 6.92 Å². The molecule has 0 radical (unpaired) electrons. The maximum absolute atomic E-state index is 11.2. The summed E-state index contributed by atoms with van der Waals surface area (Å²) in [6.45, 7) is 2.18. The second-order valence-corrected chi connectivity index (χ2v) is 9.39. The van der Waals surface area contributed by atoms with Crippen LogP contribution in [0.15, 0.2) is 109 Å². The van der Waals surface area contributed by atoms with Crippen LogP contribution in [0.2, 0.25) is 0 Å². The molecule has 5 aromatic carbocycles. The molecule has 0 saturated carbocycles. The number of carbonyl (C=O) groups is 1. The minimum atomic E-state index is -0.331. The van der Waals surface area contributed by atoms with Crippen LogP contribution in [0.25, 0.3) is 33.4 Å². The first-order valence-corrected chi connectivity index (χ1v) is 11.7. The highest BCUT2D eigenvalue weighted by Crippen LogP contribution is 2.63. The molecule has 34 heavy (non-hydrogen) atoms. The Morgan fingerprint density at radius 1 is 0.529 bits per heavy atom. The summed E-state index contributed by atoms with van der Waals surface area (Å²) in [5.41, 5.74) is 14.6. The van der Waals surface area contributed by atoms with Crippen molar-refractivity contribution in [3.63, 3.8) is 0 Å². The Kier molecular flexibility index (Phi) is 3.90. The summed E-state index contributed by atoms with van der Waals surface area (Å²) in [7, 11) is 0. The highest BCUT2D eigenvalue weighted by Gasteiger charge is 2.51. The minimum absolute atomic E-state index is 0.331. The largest absolute Gasteiger partial charge is 0.298 e. The van der Waals surface area contributed by atoms with Gasteiger partial charge in [-0.05, 0) is 68.6 Å². The van der Waals surface area contributed by atoms with E-state index in [1.807, 2.05) is 24.3 Å². The summed E-state index contributed by atoms with van der Waals surface area (Å²) in [5.74, 6) is 0. The topological polar surface area (TPSA) is 17.1 Å². The van der Waals surface area contributed by atoms with Gasteiger partial charge >= 0.3 is 0 Å². The molecule has 0 amide bonds. The molecule has 0 saturated heterocycles. The summed E-state index contributed by atoms with van der Waals surface area (Å²) in [6.07, 6.45) is 0.896. The molecule has 1 nitrogen and oxygen atoms in total. The van der Waals surface area contributed by atoms with Crippen LogP contribution < -0.4 is 0 Å². The lowest BCUT2D eigenvalue weighted by Crippen LogP contribution is -2.26. The zero-order valence-corrected chi connectivity index (χ0v) is 18.9. The highest BCUT2D eigenvalue weighted by molar-refractivity contribution is 5.96. The van der Waals surface area contributed by atoms with Gasteiger partial charge in [0.2, 0.25) is 0 Å². The highest BCUT2D eigenvalue weighted by atomic mass is 16.1. The molecule has 1 heteroatoms. The van der Waals surface area contributed by atoms with Gasteiger partial charge in [-0.15, -0.1) is 0 Å². The van der Waals surface area contributed by atoms with Crippen molar-refractivity contribution in [2.45, 2.75) is 12.3 Å². The molecule has 0 aromatic heterocycles. The van der Waals surface area contributed by atoms with E-state index in [9.17, 15) is 4.79 Å². The molecule has 160 valence electrons. The van der Waals surface area contributed by atoms with Gasteiger partial charge in [-0.2, -0.15) is 0 Å². The maximum atomic E-state index is 11.2. The van der Waals surface area contributed by atoms with Crippen LogP contribution in [-0.4, -0.2) is 6.29 Å². The Morgan fingerprint density at radius 2 is 1.06 bits per heavy atom. The number of aryl methyl sites for hydroxylation is 1. The van der Waals surface area contributed by atoms with Gasteiger partial charge in [-0.25, -0.2) is 0 Å². The first-order chi connectivity index (χ1) is 16.7. The van der Waals surface area contributed by atoms with Crippen molar-refractivity contribution in [2.24, 2.45) is 0 Å². The van der Waals surface area contributed by atoms with Crippen molar-refractivity contribution in [2.75, 3.05) is 0 Å². The number of benzene rings is 5. The molecular formula is C33H22O. The van der Waals surface area contributed by atoms with E-state index in [4.69, 9.17) is 0 Å². The molecule has 2 aliphatic carbocycles. The van der Waals surface area contributed by atoms with Crippen LogP contribution in [-0.2, 0) is 5.41 Å². The zero-order valence-electron chi connectivity index (χ0n) is 18.9. The van der Waals surface area contributed by atoms with Gasteiger partial charge in [0.15, 0.2) is 0 Å². The normalized spacial score (nSPS) is 16.6. The van der Waals surface area contributed by atoms with E-state index in [0.717, 1.165) is 11.8 Å². The Balaban J connectivity index is 1.59. The number of aldehydes is 1. The van der Waals surface area contributed by atoms with E-state index in [1.165, 1.54) is 55.6 Å². The summed E-state index contributed by atoms with van der Waals surface area (Å²) in [4.78, 5) is 11.2. The number of hydrogen-bond donors (Lipinski definition) is 0. The quantitative estimate of drug-likeness (QED) is 0.254. The van der Waals surface area contributed by atoms with E-state index in [1.54, 1.807) is 0 Å². The number of hydrogen-bond acceptors (Lipinski definition) is 1. The Bertz CT molecular complexity index is 1610. The zero-order chi connectivity index (χ0) is 22.9. The average Bonchev–Trinajstić information content (AvgIpc) is 3.35. The second-order valence-electron chi connectivity index (χ2n) is 9.39. The molecule has 0 aliphatic heterocycles. The molecule has 1 spiro atoms. The standard InChI is InChI=1S/C33H22O/c1-21-10-16-27-25-6-2-4-8-29(25)33(31(27)18-21)30-9-5-3-7-26(30)28-17-15-24(19-32(28)33)23-13-11-22(20-34)12-14-23/h2-20H,1H3. The minimum Gasteiger partial charge on any atom is -0.298 e. The van der Waals surface area contributed by atoms with Gasteiger partial charge in [0.05, 0.1) is 5.41 Å². The second kappa shape index (κ2) is 6.88. The molecule has 7 rings (SSSR count). The van der Waals surface area contributed by atoms with Gasteiger partial charge in [0.25, 0.3) is 0 Å². The summed E-state index contributed by atoms with van der Waals surface area (Å²) in [6, 6.07) is 39.4. The third-order valence-corrected chi connectivity index (χ3v) is 7.63. The average molecular weight is 435 g/mol. The van der Waals surface area contributed by atoms with E-state index < -0.39 is 0 Å². The van der Waals surface area contributed by atoms with Crippen LogP contribution in [0.3, 0.4) is 0 Å². The number of carbonyl (C=O) groups excluding carboxylic acids is 1. The summed E-state index contributed by atoms with van der Waals surface area (Å²) >= 11 is 0. The molecule has 0 N–H and O–H groups in total. The van der Waals surface area contributed by atoms with Crippen molar-refractivity contribution in [1.29, 1.82) is 0 Å². The molecule has 0 fully saturated rings. The molecule has 5 aromatic rings. The molecule has 0 bridgehead atoms. The van der Waals surface area contributed by atoms with Gasteiger partial charge in [-0.1, -0.05) is 109 Å². The van der Waals surface area contributed by atoms with E-state index in [-0.39, 0.29) is 5.41 Å². The van der Waals surface area contributed by atoms with Crippen molar-refractivity contribution >= 4 is 6.29 Å². The monoisotopic (exact) mass is 434 g/mol. The van der Waals surface area contributed by atoms with E-state index in [0.29, 0.717) is 5.56 Å². The first-order valence-electron chi connectivity index (χ1n) is 11.7. The van der Waals surface area contributed by atoms with Crippen molar-refractivity contribution in [3.05, 3.63) is 143 Å². The summed E-state index contributed by atoms with van der Waals surface area (Å²) in [5, 5.41) is 0. The van der Waals surface area contributed by atoms with Gasteiger partial charge in [-0.3, -0.25) is 4.79 Å². The Hall–Kier alpha value is -4.23. The lowest BCUT2D eigenvalue weighted by Gasteiger charge is -2.31. The first kappa shape index (κ1) is 19.3. The maximum Gasteiger partial charge on any atom is 0.150 e. The molecule has 1 unspecified atom stereocenters. The van der Waals surface area contributed by atoms with Crippen LogP contribution in [0.5, 0.6) is 0 Å². The van der Waals surface area contributed by atoms with Crippen molar-refractivity contribution in [3.8, 4) is 33.4 Å². The van der Waals surface area contributed by atoms with Gasteiger partial charge < -0.3 is 0 Å². The smallest absolute Gasteiger partial charge is 0.150 e. The fraction of sp³-hybridized carbons (Fsp3) is 0.0606. The lowest BCUT2D eigenvalue weighted by molar-refractivity contribution is 0.112. The lowest BCUT2D eigenvalue weighted by atomic mass is 9.70. The van der Waals surface area contributed by atoms with Crippen LogP contribution in [0.1, 0.15) is 38.2 Å². The molecular weight excluding hydrogens is 412 g/mol. The molecule has 1 atom stereocenters. The third-order valence-electron chi connectivity index (χ3n) is 7.63. The van der Waals surface area contributed by atoms with E-state index >= 15 is 0 Å². The van der Waals surface area contributed by atoms with Gasteiger partial charge in [0, 0.05) is 5.56 Å². The van der Waals surface area contributed by atoms with Crippen LogP contribution >= 0.6 is 0 Å². The molecule has 0 heterocycles. The van der Waals surface area contributed by atoms with Crippen molar-refractivity contribution < 1.29 is 4.79 Å². The van der Waals surface area contributed by atoms with Crippen molar-refractivity contribution in [1.82, 2.24) is 0 Å². The SMILES string of the molecule is Cc1ccc2c(c1)C1(c3ccccc3-2)c2ccccc2-c2ccc(-c3ccc(C=O)cc3)cc21. The predicted octanol–water partition coefficient (Wildman–Crippen LogP) is 7.82. The Labute approximate surface area is 199 Å². The number of rotatable bonds is 2. The fourth-order valence-corrected chi connectivity index (χ4v) is 6.19. The fourth-order valence-electron chi connectivity index (χ4n) is 6.19.